The number of halogens is 1. The second kappa shape index (κ2) is 2.49. The summed E-state index contributed by atoms with van der Waals surface area (Å²) in [4.78, 5) is 0. The smallest absolute Gasteiger partial charge is 0.190 e. The Balaban J connectivity index is 2.75. The zero-order chi connectivity index (χ0) is 6.69. The third-order valence-electron chi connectivity index (χ3n) is 1.04. The van der Waals surface area contributed by atoms with Crippen LogP contribution in [0.25, 0.3) is 0 Å². The third-order valence-corrected chi connectivity index (χ3v) is 1.04. The first kappa shape index (κ1) is 6.08. The monoisotopic (exact) mass is 125 g/mol. The second-order valence-electron chi connectivity index (χ2n) is 1.91. The first-order valence-electron chi connectivity index (χ1n) is 2.76. The molecule has 48 valence electrons. The Hall–Kier alpha value is -1.05. The standard InChI is InChI=1S/C7H8FN/c1-6-3-2-4-7(8)9-5-6/h2-5,9H,1H3. The highest BCUT2D eigenvalue weighted by atomic mass is 19.1. The summed E-state index contributed by atoms with van der Waals surface area (Å²) in [6.45, 7) is 1.90. The van der Waals surface area contributed by atoms with Gasteiger partial charge in [-0.05, 0) is 18.6 Å². The molecule has 0 fully saturated rings. The molecular weight excluding hydrogens is 117 g/mol. The molecule has 0 aromatic carbocycles. The molecule has 0 aromatic heterocycles. The Labute approximate surface area is 53.6 Å². The molecule has 0 atom stereocenters. The molecule has 1 aliphatic heterocycles. The Kier molecular flexibility index (Phi) is 1.68. The number of hydrogen-bond donors (Lipinski definition) is 1. The summed E-state index contributed by atoms with van der Waals surface area (Å²) in [5.74, 6) is -0.317. The maximum atomic E-state index is 12.3. The fraction of sp³-hybridized carbons (Fsp3) is 0.143. The van der Waals surface area contributed by atoms with Crippen molar-refractivity contribution in [3.05, 3.63) is 36.0 Å². The maximum Gasteiger partial charge on any atom is 0.190 e. The van der Waals surface area contributed by atoms with E-state index in [2.05, 4.69) is 5.32 Å². The third kappa shape index (κ3) is 1.72. The molecule has 9 heavy (non-hydrogen) atoms. The van der Waals surface area contributed by atoms with Gasteiger partial charge in [-0.3, -0.25) is 0 Å². The van der Waals surface area contributed by atoms with Crippen molar-refractivity contribution in [1.82, 2.24) is 5.32 Å². The zero-order valence-corrected chi connectivity index (χ0v) is 5.19. The van der Waals surface area contributed by atoms with Crippen molar-refractivity contribution in [2.24, 2.45) is 0 Å². The number of nitrogens with one attached hydrogen (secondary N) is 1. The molecule has 0 saturated carbocycles. The van der Waals surface area contributed by atoms with E-state index in [0.717, 1.165) is 5.57 Å². The summed E-state index contributed by atoms with van der Waals surface area (Å²) in [6, 6.07) is 0. The lowest BCUT2D eigenvalue weighted by Gasteiger charge is -1.91. The molecule has 0 bridgehead atoms. The Bertz CT molecular complexity index is 186. The van der Waals surface area contributed by atoms with Crippen molar-refractivity contribution in [1.29, 1.82) is 0 Å². The van der Waals surface area contributed by atoms with Crippen LogP contribution >= 0.6 is 0 Å². The minimum Gasteiger partial charge on any atom is -0.338 e. The Morgan fingerprint density at radius 3 is 3.11 bits per heavy atom. The molecule has 1 nitrogen and oxygen atoms in total. The predicted octanol–water partition coefficient (Wildman–Crippen LogP) is 1.86. The van der Waals surface area contributed by atoms with Crippen LogP contribution in [0.2, 0.25) is 0 Å². The molecule has 0 aliphatic carbocycles. The van der Waals surface area contributed by atoms with Gasteiger partial charge in [-0.15, -0.1) is 0 Å². The minimum absolute atomic E-state index is 0.317. The summed E-state index contributed by atoms with van der Waals surface area (Å²) in [6.07, 6.45) is 6.50. The highest BCUT2D eigenvalue weighted by Crippen LogP contribution is 2.01. The van der Waals surface area contributed by atoms with Crippen molar-refractivity contribution in [2.75, 3.05) is 0 Å². The lowest BCUT2D eigenvalue weighted by atomic mass is 10.3. The van der Waals surface area contributed by atoms with Gasteiger partial charge in [0.15, 0.2) is 5.95 Å². The highest BCUT2D eigenvalue weighted by Gasteiger charge is 1.90. The van der Waals surface area contributed by atoms with Crippen LogP contribution in [0.3, 0.4) is 0 Å². The summed E-state index contributed by atoms with van der Waals surface area (Å²) in [5.41, 5.74) is 1.01. The summed E-state index contributed by atoms with van der Waals surface area (Å²) in [5, 5.41) is 2.46. The van der Waals surface area contributed by atoms with E-state index in [1.807, 2.05) is 13.0 Å². The Morgan fingerprint density at radius 2 is 2.33 bits per heavy atom. The van der Waals surface area contributed by atoms with Gasteiger partial charge in [-0.1, -0.05) is 12.2 Å². The van der Waals surface area contributed by atoms with Gasteiger partial charge < -0.3 is 5.32 Å². The van der Waals surface area contributed by atoms with E-state index in [1.165, 1.54) is 6.08 Å². The molecule has 0 amide bonds. The number of allylic oxidation sites excluding steroid dienone is 4. The zero-order valence-electron chi connectivity index (χ0n) is 5.19. The predicted molar refractivity (Wildman–Crippen MR) is 35.2 cm³/mol. The molecule has 1 aliphatic rings. The van der Waals surface area contributed by atoms with Gasteiger partial charge in [0, 0.05) is 6.20 Å². The van der Waals surface area contributed by atoms with Crippen molar-refractivity contribution >= 4 is 0 Å². The number of rotatable bonds is 0. The van der Waals surface area contributed by atoms with Crippen LogP contribution in [0.4, 0.5) is 4.39 Å². The van der Waals surface area contributed by atoms with Crippen LogP contribution in [-0.2, 0) is 0 Å². The molecule has 0 unspecified atom stereocenters. The van der Waals surface area contributed by atoms with Gasteiger partial charge >= 0.3 is 0 Å². The van der Waals surface area contributed by atoms with Gasteiger partial charge in [0.25, 0.3) is 0 Å². The van der Waals surface area contributed by atoms with Crippen LogP contribution in [0.5, 0.6) is 0 Å². The Morgan fingerprint density at radius 1 is 1.56 bits per heavy atom. The topological polar surface area (TPSA) is 12.0 Å². The largest absolute Gasteiger partial charge is 0.338 e. The lowest BCUT2D eigenvalue weighted by Crippen LogP contribution is -1.98. The second-order valence-corrected chi connectivity index (χ2v) is 1.91. The average molecular weight is 125 g/mol. The summed E-state index contributed by atoms with van der Waals surface area (Å²) >= 11 is 0. The van der Waals surface area contributed by atoms with Crippen molar-refractivity contribution in [3.8, 4) is 0 Å². The van der Waals surface area contributed by atoms with Crippen LogP contribution in [0.15, 0.2) is 36.0 Å². The van der Waals surface area contributed by atoms with Crippen molar-refractivity contribution in [3.63, 3.8) is 0 Å². The van der Waals surface area contributed by atoms with Crippen molar-refractivity contribution < 1.29 is 4.39 Å². The van der Waals surface area contributed by atoms with E-state index in [-0.39, 0.29) is 5.95 Å². The molecule has 2 heteroatoms. The molecule has 0 aromatic rings. The van der Waals surface area contributed by atoms with Crippen LogP contribution in [0, 0.1) is 0 Å². The normalized spacial score (nSPS) is 17.6. The van der Waals surface area contributed by atoms with E-state index in [4.69, 9.17) is 0 Å². The van der Waals surface area contributed by atoms with Crippen LogP contribution in [0.1, 0.15) is 6.92 Å². The SMILES string of the molecule is CC1=CNC(F)=CC=C1. The van der Waals surface area contributed by atoms with Crippen molar-refractivity contribution in [2.45, 2.75) is 6.92 Å². The van der Waals surface area contributed by atoms with Gasteiger partial charge in [-0.2, -0.15) is 4.39 Å². The van der Waals surface area contributed by atoms with Crippen LogP contribution < -0.4 is 5.32 Å². The molecule has 1 heterocycles. The molecule has 0 spiro atoms. The molecule has 0 saturated heterocycles. The quantitative estimate of drug-likeness (QED) is 0.487. The molecular formula is C7H8FN. The summed E-state index contributed by atoms with van der Waals surface area (Å²) < 4.78 is 12.3. The van der Waals surface area contributed by atoms with Gasteiger partial charge in [0.05, 0.1) is 0 Å². The maximum absolute atomic E-state index is 12.3. The first-order valence-corrected chi connectivity index (χ1v) is 2.76. The fourth-order valence-electron chi connectivity index (χ4n) is 0.563. The van der Waals surface area contributed by atoms with Crippen LogP contribution in [-0.4, -0.2) is 0 Å². The fourth-order valence-corrected chi connectivity index (χ4v) is 0.563. The molecule has 1 N–H and O–H groups in total. The van der Waals surface area contributed by atoms with E-state index in [9.17, 15) is 4.39 Å². The lowest BCUT2D eigenvalue weighted by molar-refractivity contribution is 0.586. The number of hydrogen-bond acceptors (Lipinski definition) is 1. The van der Waals surface area contributed by atoms with Gasteiger partial charge in [0.1, 0.15) is 0 Å². The first-order chi connectivity index (χ1) is 4.29. The van der Waals surface area contributed by atoms with E-state index >= 15 is 0 Å². The molecule has 0 radical (unpaired) electrons. The summed E-state index contributed by atoms with van der Waals surface area (Å²) in [7, 11) is 0. The van der Waals surface area contributed by atoms with Gasteiger partial charge in [-0.25, -0.2) is 0 Å². The van der Waals surface area contributed by atoms with E-state index in [0.29, 0.717) is 0 Å². The molecule has 1 rings (SSSR count). The average Bonchev–Trinajstić information content (AvgIpc) is 1.97. The minimum atomic E-state index is -0.317. The van der Waals surface area contributed by atoms with E-state index < -0.39 is 0 Å². The van der Waals surface area contributed by atoms with Gasteiger partial charge in [0.2, 0.25) is 0 Å². The van der Waals surface area contributed by atoms with E-state index in [1.54, 1.807) is 12.3 Å². The highest BCUT2D eigenvalue weighted by molar-refractivity contribution is 5.24.